The molecule has 29 heavy (non-hydrogen) atoms. The van der Waals surface area contributed by atoms with Gasteiger partial charge in [0, 0.05) is 10.9 Å². The van der Waals surface area contributed by atoms with Crippen molar-refractivity contribution >= 4 is 45.9 Å². The molecule has 0 bridgehead atoms. The van der Waals surface area contributed by atoms with Crippen molar-refractivity contribution in [3.63, 3.8) is 0 Å². The number of hydrogen-bond donors (Lipinski definition) is 1. The predicted octanol–water partition coefficient (Wildman–Crippen LogP) is 5.82. The molecule has 0 fully saturated rings. The number of carbonyl (C=O) groups excluding carboxylic acids is 1. The van der Waals surface area contributed by atoms with Crippen LogP contribution in [0.1, 0.15) is 0 Å². The van der Waals surface area contributed by atoms with Crippen molar-refractivity contribution in [1.29, 1.82) is 0 Å². The van der Waals surface area contributed by atoms with Gasteiger partial charge in [-0.1, -0.05) is 65.8 Å². The Bertz CT molecular complexity index is 1190. The molecule has 0 radical (unpaired) electrons. The Morgan fingerprint density at radius 1 is 1.00 bits per heavy atom. The van der Waals surface area contributed by atoms with Crippen molar-refractivity contribution in [2.24, 2.45) is 0 Å². The summed E-state index contributed by atoms with van der Waals surface area (Å²) in [5.41, 5.74) is 2.01. The first kappa shape index (κ1) is 19.4. The fourth-order valence-corrected chi connectivity index (χ4v) is 3.77. The second kappa shape index (κ2) is 8.59. The summed E-state index contributed by atoms with van der Waals surface area (Å²) in [4.78, 5) is 21.5. The van der Waals surface area contributed by atoms with Gasteiger partial charge in [0.1, 0.15) is 10.8 Å². The number of halogens is 2. The Morgan fingerprint density at radius 2 is 1.76 bits per heavy atom. The van der Waals surface area contributed by atoms with E-state index in [2.05, 4.69) is 15.3 Å². The summed E-state index contributed by atoms with van der Waals surface area (Å²) in [5, 5.41) is 4.36. The molecule has 0 atom stereocenters. The number of thioether (sulfide) groups is 1. The average Bonchev–Trinajstić information content (AvgIpc) is 2.74. The Kier molecular flexibility index (Phi) is 5.74. The lowest BCUT2D eigenvalue weighted by Crippen LogP contribution is -2.14. The first-order valence-electron chi connectivity index (χ1n) is 8.80. The van der Waals surface area contributed by atoms with E-state index in [1.165, 1.54) is 23.9 Å². The lowest BCUT2D eigenvalue weighted by Gasteiger charge is -2.10. The third kappa shape index (κ3) is 4.55. The normalized spacial score (nSPS) is 10.8. The van der Waals surface area contributed by atoms with Gasteiger partial charge < -0.3 is 5.32 Å². The van der Waals surface area contributed by atoms with Gasteiger partial charge in [-0.2, -0.15) is 0 Å². The third-order valence-electron chi connectivity index (χ3n) is 4.14. The maximum atomic E-state index is 13.8. The molecule has 0 aliphatic heterocycles. The third-order valence-corrected chi connectivity index (χ3v) is 5.46. The molecule has 0 saturated heterocycles. The van der Waals surface area contributed by atoms with Crippen LogP contribution in [-0.2, 0) is 4.79 Å². The van der Waals surface area contributed by atoms with Crippen molar-refractivity contribution in [2.75, 3.05) is 11.1 Å². The van der Waals surface area contributed by atoms with E-state index >= 15 is 0 Å². The molecule has 0 unspecified atom stereocenters. The SMILES string of the molecule is O=C(CSc1nc(-c2ccccc2)nc2ccc(F)cc12)Nc1ccccc1Cl. The number of anilines is 1. The highest BCUT2D eigenvalue weighted by Crippen LogP contribution is 2.29. The topological polar surface area (TPSA) is 54.9 Å². The Balaban J connectivity index is 1.62. The lowest BCUT2D eigenvalue weighted by molar-refractivity contribution is -0.113. The molecular formula is C22H15ClFN3OS. The molecule has 0 aliphatic carbocycles. The minimum Gasteiger partial charge on any atom is -0.324 e. The number of fused-ring (bicyclic) bond motifs is 1. The van der Waals surface area contributed by atoms with Gasteiger partial charge in [0.15, 0.2) is 5.82 Å². The first-order chi connectivity index (χ1) is 14.1. The van der Waals surface area contributed by atoms with E-state index in [1.54, 1.807) is 30.3 Å². The van der Waals surface area contributed by atoms with Crippen LogP contribution in [0.2, 0.25) is 5.02 Å². The minimum atomic E-state index is -0.379. The highest BCUT2D eigenvalue weighted by Gasteiger charge is 2.13. The van der Waals surface area contributed by atoms with E-state index in [-0.39, 0.29) is 17.5 Å². The quantitative estimate of drug-likeness (QED) is 0.324. The Labute approximate surface area is 176 Å². The van der Waals surface area contributed by atoms with Gasteiger partial charge in [-0.05, 0) is 30.3 Å². The summed E-state index contributed by atoms with van der Waals surface area (Å²) in [6.45, 7) is 0. The molecular weight excluding hydrogens is 409 g/mol. The largest absolute Gasteiger partial charge is 0.324 e. The van der Waals surface area contributed by atoms with Crippen molar-refractivity contribution in [2.45, 2.75) is 5.03 Å². The van der Waals surface area contributed by atoms with Crippen LogP contribution in [0.3, 0.4) is 0 Å². The van der Waals surface area contributed by atoms with E-state index in [4.69, 9.17) is 11.6 Å². The number of benzene rings is 3. The summed E-state index contributed by atoms with van der Waals surface area (Å²) in [6.07, 6.45) is 0. The monoisotopic (exact) mass is 423 g/mol. The van der Waals surface area contributed by atoms with Gasteiger partial charge in [0.05, 0.1) is 22.0 Å². The summed E-state index contributed by atoms with van der Waals surface area (Å²) in [6, 6.07) is 20.9. The van der Waals surface area contributed by atoms with Gasteiger partial charge in [-0.25, -0.2) is 14.4 Å². The van der Waals surface area contributed by atoms with E-state index in [9.17, 15) is 9.18 Å². The van der Waals surface area contributed by atoms with Gasteiger partial charge in [0.2, 0.25) is 5.91 Å². The molecule has 144 valence electrons. The molecule has 1 heterocycles. The van der Waals surface area contributed by atoms with E-state index in [1.807, 2.05) is 30.3 Å². The molecule has 0 saturated carbocycles. The summed E-state index contributed by atoms with van der Waals surface area (Å²) in [5.74, 6) is 0.0180. The lowest BCUT2D eigenvalue weighted by atomic mass is 10.2. The number of carbonyl (C=O) groups is 1. The zero-order valence-electron chi connectivity index (χ0n) is 15.1. The Hall–Kier alpha value is -2.96. The van der Waals surface area contributed by atoms with Crippen LogP contribution in [0.25, 0.3) is 22.3 Å². The highest BCUT2D eigenvalue weighted by atomic mass is 35.5. The summed E-state index contributed by atoms with van der Waals surface area (Å²) >= 11 is 7.31. The van der Waals surface area contributed by atoms with Crippen LogP contribution in [0.4, 0.5) is 10.1 Å². The second-order valence-corrected chi connectivity index (χ2v) is 7.57. The number of nitrogens with zero attached hydrogens (tertiary/aromatic N) is 2. The molecule has 4 aromatic rings. The standard InChI is InChI=1S/C22H15ClFN3OS/c23-17-8-4-5-9-19(17)25-20(28)13-29-22-16-12-15(24)10-11-18(16)26-21(27-22)14-6-2-1-3-7-14/h1-12H,13H2,(H,25,28). The van der Waals surface area contributed by atoms with Crippen LogP contribution in [0.5, 0.6) is 0 Å². The zero-order valence-corrected chi connectivity index (χ0v) is 16.7. The molecule has 1 aromatic heterocycles. The second-order valence-electron chi connectivity index (χ2n) is 6.20. The zero-order chi connectivity index (χ0) is 20.2. The van der Waals surface area contributed by atoms with Gasteiger partial charge >= 0.3 is 0 Å². The van der Waals surface area contributed by atoms with Crippen LogP contribution >= 0.6 is 23.4 Å². The number of hydrogen-bond acceptors (Lipinski definition) is 4. The number of nitrogens with one attached hydrogen (secondary N) is 1. The maximum Gasteiger partial charge on any atom is 0.234 e. The molecule has 0 spiro atoms. The number of amides is 1. The Morgan fingerprint density at radius 3 is 2.55 bits per heavy atom. The molecule has 4 nitrogen and oxygen atoms in total. The fourth-order valence-electron chi connectivity index (χ4n) is 2.78. The summed E-state index contributed by atoms with van der Waals surface area (Å²) < 4.78 is 13.8. The van der Waals surface area contributed by atoms with Crippen LogP contribution < -0.4 is 5.32 Å². The number of rotatable bonds is 5. The molecule has 1 N–H and O–H groups in total. The van der Waals surface area contributed by atoms with E-state index in [0.717, 1.165) is 5.56 Å². The average molecular weight is 424 g/mol. The van der Waals surface area contributed by atoms with Crippen molar-refractivity contribution < 1.29 is 9.18 Å². The fraction of sp³-hybridized carbons (Fsp3) is 0.0455. The summed E-state index contributed by atoms with van der Waals surface area (Å²) in [7, 11) is 0. The van der Waals surface area contributed by atoms with Crippen LogP contribution in [0.15, 0.2) is 77.8 Å². The van der Waals surface area contributed by atoms with Crippen LogP contribution in [-0.4, -0.2) is 21.6 Å². The molecule has 0 aliphatic rings. The highest BCUT2D eigenvalue weighted by molar-refractivity contribution is 8.00. The molecule has 4 rings (SSSR count). The minimum absolute atomic E-state index is 0.0993. The smallest absolute Gasteiger partial charge is 0.234 e. The molecule has 1 amide bonds. The van der Waals surface area contributed by atoms with Crippen molar-refractivity contribution in [1.82, 2.24) is 9.97 Å². The van der Waals surface area contributed by atoms with Crippen LogP contribution in [0, 0.1) is 5.82 Å². The molecule has 3 aromatic carbocycles. The number of para-hydroxylation sites is 1. The predicted molar refractivity (Wildman–Crippen MR) is 116 cm³/mol. The van der Waals surface area contributed by atoms with Crippen molar-refractivity contribution in [3.05, 3.63) is 83.6 Å². The van der Waals surface area contributed by atoms with Gasteiger partial charge in [0.25, 0.3) is 0 Å². The van der Waals surface area contributed by atoms with E-state index < -0.39 is 0 Å². The maximum absolute atomic E-state index is 13.8. The number of aromatic nitrogens is 2. The van der Waals surface area contributed by atoms with Gasteiger partial charge in [-0.15, -0.1) is 0 Å². The molecule has 7 heteroatoms. The van der Waals surface area contributed by atoms with Gasteiger partial charge in [-0.3, -0.25) is 4.79 Å². The van der Waals surface area contributed by atoms with E-state index in [0.29, 0.717) is 32.5 Å². The van der Waals surface area contributed by atoms with Crippen molar-refractivity contribution in [3.8, 4) is 11.4 Å². The first-order valence-corrected chi connectivity index (χ1v) is 10.2.